The van der Waals surface area contributed by atoms with Crippen LogP contribution < -0.4 is 5.32 Å². The molecule has 1 heterocycles. The fraction of sp³-hybridized carbons (Fsp3) is 0.550. The maximum absolute atomic E-state index is 12.2. The van der Waals surface area contributed by atoms with E-state index in [0.717, 1.165) is 23.8 Å². The first-order valence-corrected chi connectivity index (χ1v) is 9.44. The van der Waals surface area contributed by atoms with Gasteiger partial charge in [0.2, 0.25) is 17.6 Å². The molecule has 0 unspecified atom stereocenters. The lowest BCUT2D eigenvalue weighted by Crippen LogP contribution is -2.38. The Balaban J connectivity index is 1.30. The van der Waals surface area contributed by atoms with Gasteiger partial charge < -0.3 is 9.84 Å². The lowest BCUT2D eigenvalue weighted by molar-refractivity contribution is -0.122. The summed E-state index contributed by atoms with van der Waals surface area (Å²) in [6, 6.07) is 8.58. The lowest BCUT2D eigenvalue weighted by atomic mass is 10.1. The third-order valence-corrected chi connectivity index (χ3v) is 5.24. The summed E-state index contributed by atoms with van der Waals surface area (Å²) in [4.78, 5) is 16.7. The SMILES string of the molecule is CCc1ccc(-c2noc(CCC(=O)NC(C3CC3)C3CC3)n2)cc1. The Morgan fingerprint density at radius 3 is 2.48 bits per heavy atom. The largest absolute Gasteiger partial charge is 0.353 e. The summed E-state index contributed by atoms with van der Waals surface area (Å²) in [5.74, 6) is 2.66. The predicted octanol–water partition coefficient (Wildman–Crippen LogP) is 3.54. The molecule has 1 aromatic carbocycles. The van der Waals surface area contributed by atoms with Crippen molar-refractivity contribution in [2.24, 2.45) is 11.8 Å². The van der Waals surface area contributed by atoms with Gasteiger partial charge in [0, 0.05) is 24.4 Å². The molecule has 2 saturated carbocycles. The summed E-state index contributed by atoms with van der Waals surface area (Å²) in [5.41, 5.74) is 2.23. The highest BCUT2D eigenvalue weighted by molar-refractivity contribution is 5.76. The number of carbonyl (C=O) groups is 1. The Morgan fingerprint density at radius 1 is 1.20 bits per heavy atom. The second-order valence-electron chi connectivity index (χ2n) is 7.33. The number of hydrogen-bond donors (Lipinski definition) is 1. The highest BCUT2D eigenvalue weighted by Crippen LogP contribution is 2.44. The first-order valence-electron chi connectivity index (χ1n) is 9.44. The number of aromatic nitrogens is 2. The van der Waals surface area contributed by atoms with E-state index in [1.54, 1.807) is 0 Å². The van der Waals surface area contributed by atoms with E-state index in [9.17, 15) is 4.79 Å². The van der Waals surface area contributed by atoms with Crippen molar-refractivity contribution in [3.63, 3.8) is 0 Å². The molecule has 0 bridgehead atoms. The molecule has 0 atom stereocenters. The number of hydrogen-bond acceptors (Lipinski definition) is 4. The van der Waals surface area contributed by atoms with Crippen LogP contribution in [0, 0.1) is 11.8 Å². The second kappa shape index (κ2) is 6.98. The zero-order chi connectivity index (χ0) is 17.2. The summed E-state index contributed by atoms with van der Waals surface area (Å²) in [6.07, 6.45) is 6.99. The molecule has 0 aliphatic heterocycles. The van der Waals surface area contributed by atoms with Gasteiger partial charge in [-0.3, -0.25) is 4.79 Å². The van der Waals surface area contributed by atoms with Gasteiger partial charge in [-0.2, -0.15) is 4.98 Å². The fourth-order valence-corrected chi connectivity index (χ4v) is 3.37. The Hall–Kier alpha value is -2.17. The fourth-order valence-electron chi connectivity index (χ4n) is 3.37. The van der Waals surface area contributed by atoms with Crippen molar-refractivity contribution >= 4 is 5.91 Å². The Kier molecular flexibility index (Phi) is 4.55. The van der Waals surface area contributed by atoms with Crippen LogP contribution >= 0.6 is 0 Å². The lowest BCUT2D eigenvalue weighted by Gasteiger charge is -2.17. The van der Waals surface area contributed by atoms with E-state index < -0.39 is 0 Å². The van der Waals surface area contributed by atoms with E-state index >= 15 is 0 Å². The Labute approximate surface area is 148 Å². The van der Waals surface area contributed by atoms with Gasteiger partial charge in [0.15, 0.2) is 0 Å². The molecule has 2 aliphatic rings. The van der Waals surface area contributed by atoms with Crippen molar-refractivity contribution in [2.45, 2.75) is 57.9 Å². The van der Waals surface area contributed by atoms with Crippen LogP contribution in [-0.4, -0.2) is 22.1 Å². The normalized spacial score (nSPS) is 17.0. The van der Waals surface area contributed by atoms with E-state index in [2.05, 4.69) is 34.5 Å². The topological polar surface area (TPSA) is 68.0 Å². The van der Waals surface area contributed by atoms with Crippen LogP contribution in [0.2, 0.25) is 0 Å². The van der Waals surface area contributed by atoms with Crippen molar-refractivity contribution < 1.29 is 9.32 Å². The van der Waals surface area contributed by atoms with Crippen LogP contribution in [0.15, 0.2) is 28.8 Å². The molecule has 1 aromatic heterocycles. The van der Waals surface area contributed by atoms with Crippen LogP contribution in [0.5, 0.6) is 0 Å². The molecule has 1 N–H and O–H groups in total. The van der Waals surface area contributed by atoms with Crippen LogP contribution in [0.3, 0.4) is 0 Å². The van der Waals surface area contributed by atoms with Crippen LogP contribution in [0.4, 0.5) is 0 Å². The van der Waals surface area contributed by atoms with E-state index in [-0.39, 0.29) is 5.91 Å². The van der Waals surface area contributed by atoms with Crippen LogP contribution in [0.25, 0.3) is 11.4 Å². The van der Waals surface area contributed by atoms with E-state index in [4.69, 9.17) is 4.52 Å². The molecule has 0 spiro atoms. The number of carbonyl (C=O) groups excluding carboxylic acids is 1. The average Bonchev–Trinajstić information content (AvgIpc) is 3.57. The molecule has 0 radical (unpaired) electrons. The monoisotopic (exact) mass is 339 g/mol. The Morgan fingerprint density at radius 2 is 1.88 bits per heavy atom. The minimum atomic E-state index is 0.107. The number of aryl methyl sites for hydroxylation is 2. The molecule has 5 heteroatoms. The van der Waals surface area contributed by atoms with Gasteiger partial charge in [-0.1, -0.05) is 36.3 Å². The van der Waals surface area contributed by atoms with E-state index in [1.807, 2.05) is 12.1 Å². The quantitative estimate of drug-likeness (QED) is 0.799. The van der Waals surface area contributed by atoms with Crippen molar-refractivity contribution in [1.82, 2.24) is 15.5 Å². The van der Waals surface area contributed by atoms with Crippen molar-refractivity contribution in [2.75, 3.05) is 0 Å². The molecule has 1 amide bonds. The predicted molar refractivity (Wildman–Crippen MR) is 94.8 cm³/mol. The third-order valence-electron chi connectivity index (χ3n) is 5.24. The zero-order valence-electron chi connectivity index (χ0n) is 14.7. The van der Waals surface area contributed by atoms with Crippen LogP contribution in [-0.2, 0) is 17.6 Å². The highest BCUT2D eigenvalue weighted by atomic mass is 16.5. The molecule has 132 valence electrons. The summed E-state index contributed by atoms with van der Waals surface area (Å²) >= 11 is 0. The second-order valence-corrected chi connectivity index (χ2v) is 7.33. The summed E-state index contributed by atoms with van der Waals surface area (Å²) in [6.45, 7) is 2.13. The number of amides is 1. The van der Waals surface area contributed by atoms with Gasteiger partial charge in [-0.25, -0.2) is 0 Å². The molecule has 4 rings (SSSR count). The standard InChI is InChI=1S/C20H25N3O2/c1-2-13-3-5-16(6-4-13)20-22-18(25-23-20)12-11-17(24)21-19(14-7-8-14)15-9-10-15/h3-6,14-15,19H,2,7-12H2,1H3,(H,21,24). The van der Waals surface area contributed by atoms with Gasteiger partial charge in [-0.05, 0) is 49.5 Å². The molecule has 2 fully saturated rings. The first kappa shape index (κ1) is 16.3. The number of nitrogens with one attached hydrogen (secondary N) is 1. The average molecular weight is 339 g/mol. The Bertz CT molecular complexity index is 718. The van der Waals surface area contributed by atoms with Crippen LogP contribution in [0.1, 0.15) is 50.5 Å². The number of rotatable bonds is 8. The summed E-state index contributed by atoms with van der Waals surface area (Å²) in [5, 5.41) is 7.27. The number of nitrogens with zero attached hydrogens (tertiary/aromatic N) is 2. The van der Waals surface area contributed by atoms with Gasteiger partial charge in [0.1, 0.15) is 0 Å². The molecular weight excluding hydrogens is 314 g/mol. The third kappa shape index (κ3) is 4.09. The maximum Gasteiger partial charge on any atom is 0.227 e. The smallest absolute Gasteiger partial charge is 0.227 e. The molecule has 25 heavy (non-hydrogen) atoms. The highest BCUT2D eigenvalue weighted by Gasteiger charge is 2.42. The summed E-state index contributed by atoms with van der Waals surface area (Å²) < 4.78 is 5.31. The van der Waals surface area contributed by atoms with Crippen molar-refractivity contribution in [1.29, 1.82) is 0 Å². The van der Waals surface area contributed by atoms with Crippen molar-refractivity contribution in [3.8, 4) is 11.4 Å². The molecule has 0 saturated heterocycles. The molecular formula is C20H25N3O2. The van der Waals surface area contributed by atoms with Gasteiger partial charge in [0.25, 0.3) is 0 Å². The zero-order valence-corrected chi connectivity index (χ0v) is 14.7. The van der Waals surface area contributed by atoms with Gasteiger partial charge >= 0.3 is 0 Å². The summed E-state index contributed by atoms with van der Waals surface area (Å²) in [7, 11) is 0. The first-order chi connectivity index (χ1) is 12.2. The maximum atomic E-state index is 12.2. The van der Waals surface area contributed by atoms with Gasteiger partial charge in [-0.15, -0.1) is 0 Å². The van der Waals surface area contributed by atoms with E-state index in [1.165, 1.54) is 31.2 Å². The number of benzene rings is 1. The van der Waals surface area contributed by atoms with E-state index in [0.29, 0.717) is 30.6 Å². The minimum absolute atomic E-state index is 0.107. The molecule has 2 aliphatic carbocycles. The van der Waals surface area contributed by atoms with Crippen molar-refractivity contribution in [3.05, 3.63) is 35.7 Å². The molecule has 5 nitrogen and oxygen atoms in total. The van der Waals surface area contributed by atoms with Gasteiger partial charge in [0.05, 0.1) is 0 Å². The minimum Gasteiger partial charge on any atom is -0.353 e. The molecule has 2 aromatic rings.